The number of hydrogen-bond acceptors (Lipinski definition) is 3. The minimum Gasteiger partial charge on any atom is -0.495 e. The Morgan fingerprint density at radius 2 is 2.00 bits per heavy atom. The average Bonchev–Trinajstić information content (AvgIpc) is 2.95. The number of aryl methyl sites for hydroxylation is 2. The number of aliphatic hydroxyl groups is 1. The highest BCUT2D eigenvalue weighted by Crippen LogP contribution is 2.32. The third-order valence-electron chi connectivity index (χ3n) is 4.27. The summed E-state index contributed by atoms with van der Waals surface area (Å²) >= 11 is 0. The van der Waals surface area contributed by atoms with E-state index in [1.54, 1.807) is 13.2 Å². The molecule has 1 unspecified atom stereocenters. The number of fused-ring (bicyclic) bond motifs is 1. The molecule has 0 saturated carbocycles. The molecule has 21 heavy (non-hydrogen) atoms. The third-order valence-corrected chi connectivity index (χ3v) is 4.27. The Morgan fingerprint density at radius 1 is 1.19 bits per heavy atom. The second-order valence-electron chi connectivity index (χ2n) is 5.64. The van der Waals surface area contributed by atoms with Crippen LogP contribution in [0.1, 0.15) is 34.8 Å². The van der Waals surface area contributed by atoms with Crippen LogP contribution in [0.3, 0.4) is 0 Å². The number of nitrogens with two attached hydrogens (primary N) is 1. The molecular formula is C18H21NO2. The van der Waals surface area contributed by atoms with Crippen molar-refractivity contribution in [2.75, 3.05) is 12.8 Å². The molecule has 3 N–H and O–H groups in total. The van der Waals surface area contributed by atoms with E-state index >= 15 is 0 Å². The Balaban J connectivity index is 1.82. The maximum absolute atomic E-state index is 10.5. The lowest BCUT2D eigenvalue weighted by Gasteiger charge is -2.16. The van der Waals surface area contributed by atoms with E-state index in [-0.39, 0.29) is 0 Å². The summed E-state index contributed by atoms with van der Waals surface area (Å²) in [6, 6.07) is 12.1. The first-order chi connectivity index (χ1) is 10.2. The summed E-state index contributed by atoms with van der Waals surface area (Å²) in [5, 5.41) is 10.5. The molecule has 0 bridgehead atoms. The van der Waals surface area contributed by atoms with Crippen LogP contribution in [0.25, 0.3) is 0 Å². The van der Waals surface area contributed by atoms with Gasteiger partial charge in [-0.2, -0.15) is 0 Å². The van der Waals surface area contributed by atoms with Gasteiger partial charge in [-0.15, -0.1) is 0 Å². The lowest BCUT2D eigenvalue weighted by Crippen LogP contribution is -2.07. The second kappa shape index (κ2) is 5.78. The maximum Gasteiger partial charge on any atom is 0.142 e. The fourth-order valence-corrected chi connectivity index (χ4v) is 3.11. The smallest absolute Gasteiger partial charge is 0.142 e. The lowest BCUT2D eigenvalue weighted by molar-refractivity contribution is 0.179. The van der Waals surface area contributed by atoms with Crippen LogP contribution in [0.2, 0.25) is 0 Å². The highest BCUT2D eigenvalue weighted by atomic mass is 16.5. The van der Waals surface area contributed by atoms with Crippen LogP contribution in [-0.4, -0.2) is 12.2 Å². The van der Waals surface area contributed by atoms with E-state index in [9.17, 15) is 5.11 Å². The third kappa shape index (κ3) is 2.74. The number of rotatable bonds is 4. The van der Waals surface area contributed by atoms with Crippen molar-refractivity contribution in [1.29, 1.82) is 0 Å². The molecular weight excluding hydrogens is 262 g/mol. The van der Waals surface area contributed by atoms with E-state index in [1.807, 2.05) is 12.1 Å². The highest BCUT2D eigenvalue weighted by molar-refractivity contribution is 5.59. The molecule has 0 fully saturated rings. The van der Waals surface area contributed by atoms with E-state index in [0.717, 1.165) is 17.5 Å². The van der Waals surface area contributed by atoms with Crippen LogP contribution in [0.5, 0.6) is 5.75 Å². The van der Waals surface area contributed by atoms with E-state index in [2.05, 4.69) is 18.2 Å². The van der Waals surface area contributed by atoms with Crippen LogP contribution in [0.4, 0.5) is 5.69 Å². The summed E-state index contributed by atoms with van der Waals surface area (Å²) in [6.45, 7) is 0. The predicted octanol–water partition coefficient (Wildman–Crippen LogP) is 3.04. The molecule has 2 aromatic rings. The predicted molar refractivity (Wildman–Crippen MR) is 84.5 cm³/mol. The molecule has 1 aliphatic rings. The normalized spacial score (nSPS) is 14.8. The molecule has 0 radical (unpaired) electrons. The van der Waals surface area contributed by atoms with E-state index in [1.165, 1.54) is 24.0 Å². The Bertz CT molecular complexity index is 652. The van der Waals surface area contributed by atoms with Gasteiger partial charge in [0.15, 0.2) is 0 Å². The van der Waals surface area contributed by atoms with Crippen LogP contribution in [0, 0.1) is 0 Å². The zero-order chi connectivity index (χ0) is 14.8. The quantitative estimate of drug-likeness (QED) is 0.848. The number of benzene rings is 2. The summed E-state index contributed by atoms with van der Waals surface area (Å²) in [7, 11) is 1.59. The molecule has 3 heteroatoms. The molecule has 0 saturated heterocycles. The van der Waals surface area contributed by atoms with Crippen molar-refractivity contribution >= 4 is 5.69 Å². The van der Waals surface area contributed by atoms with Crippen molar-refractivity contribution in [2.24, 2.45) is 0 Å². The molecule has 3 rings (SSSR count). The zero-order valence-electron chi connectivity index (χ0n) is 12.3. The van der Waals surface area contributed by atoms with E-state index in [0.29, 0.717) is 17.9 Å². The van der Waals surface area contributed by atoms with Crippen molar-refractivity contribution in [2.45, 2.75) is 31.8 Å². The number of anilines is 1. The Hall–Kier alpha value is -2.00. The van der Waals surface area contributed by atoms with Gasteiger partial charge in [-0.3, -0.25) is 0 Å². The molecule has 0 amide bonds. The average molecular weight is 283 g/mol. The Labute approximate surface area is 125 Å². The summed E-state index contributed by atoms with van der Waals surface area (Å²) in [6.07, 6.45) is 3.54. The minimum absolute atomic E-state index is 0.522. The monoisotopic (exact) mass is 283 g/mol. The fraction of sp³-hybridized carbons (Fsp3) is 0.333. The van der Waals surface area contributed by atoms with Gasteiger partial charge in [0.25, 0.3) is 0 Å². The summed E-state index contributed by atoms with van der Waals surface area (Å²) in [4.78, 5) is 0. The number of methoxy groups -OCH3 is 1. The van der Waals surface area contributed by atoms with Crippen LogP contribution >= 0.6 is 0 Å². The van der Waals surface area contributed by atoms with Crippen LogP contribution in [0.15, 0.2) is 36.4 Å². The van der Waals surface area contributed by atoms with Gasteiger partial charge in [-0.25, -0.2) is 0 Å². The van der Waals surface area contributed by atoms with Gasteiger partial charge in [0.2, 0.25) is 0 Å². The highest BCUT2D eigenvalue weighted by Gasteiger charge is 2.16. The first-order valence-corrected chi connectivity index (χ1v) is 7.40. The van der Waals surface area contributed by atoms with Crippen molar-refractivity contribution in [3.05, 3.63) is 58.7 Å². The lowest BCUT2D eigenvalue weighted by atomic mass is 9.97. The SMILES string of the molecule is COc1cccc(C(O)Cc2ccc3c(c2)CCC3)c1N. The van der Waals surface area contributed by atoms with Crippen LogP contribution < -0.4 is 10.5 Å². The van der Waals surface area contributed by atoms with Crippen molar-refractivity contribution in [3.63, 3.8) is 0 Å². The molecule has 1 aliphatic carbocycles. The van der Waals surface area contributed by atoms with Crippen molar-refractivity contribution < 1.29 is 9.84 Å². The fourth-order valence-electron chi connectivity index (χ4n) is 3.11. The second-order valence-corrected chi connectivity index (χ2v) is 5.64. The first kappa shape index (κ1) is 14.0. The van der Waals surface area contributed by atoms with E-state index in [4.69, 9.17) is 10.5 Å². The molecule has 0 heterocycles. The number of hydrogen-bond donors (Lipinski definition) is 2. The number of para-hydroxylation sites is 1. The Morgan fingerprint density at radius 3 is 2.81 bits per heavy atom. The van der Waals surface area contributed by atoms with Crippen LogP contribution in [-0.2, 0) is 19.3 Å². The minimum atomic E-state index is -0.612. The van der Waals surface area contributed by atoms with Gasteiger partial charge in [0.05, 0.1) is 18.9 Å². The zero-order valence-corrected chi connectivity index (χ0v) is 12.3. The molecule has 1 atom stereocenters. The standard InChI is InChI=1S/C18H21NO2/c1-21-17-7-3-6-15(18(17)19)16(20)11-12-8-9-13-4-2-5-14(13)10-12/h3,6-10,16,20H,2,4-5,11,19H2,1H3. The van der Waals surface area contributed by atoms with E-state index < -0.39 is 6.10 Å². The Kier molecular flexibility index (Phi) is 3.84. The van der Waals surface area contributed by atoms with Gasteiger partial charge < -0.3 is 15.6 Å². The topological polar surface area (TPSA) is 55.5 Å². The number of nitrogen functional groups attached to an aromatic ring is 1. The molecule has 0 aromatic heterocycles. The van der Waals surface area contributed by atoms with Gasteiger partial charge in [-0.05, 0) is 42.0 Å². The molecule has 0 spiro atoms. The van der Waals surface area contributed by atoms with Gasteiger partial charge in [0.1, 0.15) is 5.75 Å². The van der Waals surface area contributed by atoms with Crippen molar-refractivity contribution in [1.82, 2.24) is 0 Å². The molecule has 0 aliphatic heterocycles. The van der Waals surface area contributed by atoms with Gasteiger partial charge >= 0.3 is 0 Å². The molecule has 2 aromatic carbocycles. The van der Waals surface area contributed by atoms with Gasteiger partial charge in [-0.1, -0.05) is 30.3 Å². The summed E-state index contributed by atoms with van der Waals surface area (Å²) in [5.41, 5.74) is 11.3. The van der Waals surface area contributed by atoms with Crippen molar-refractivity contribution in [3.8, 4) is 5.75 Å². The van der Waals surface area contributed by atoms with Gasteiger partial charge in [0, 0.05) is 12.0 Å². The molecule has 110 valence electrons. The first-order valence-electron chi connectivity index (χ1n) is 7.40. The maximum atomic E-state index is 10.5. The summed E-state index contributed by atoms with van der Waals surface area (Å²) < 4.78 is 5.21. The number of aliphatic hydroxyl groups excluding tert-OH is 1. The molecule has 3 nitrogen and oxygen atoms in total. The number of ether oxygens (including phenoxy) is 1. The largest absolute Gasteiger partial charge is 0.495 e. The summed E-state index contributed by atoms with van der Waals surface area (Å²) in [5.74, 6) is 0.612.